The van der Waals surface area contributed by atoms with E-state index in [1.165, 1.54) is 24.0 Å². The number of nitrogen functional groups attached to an aromatic ring is 1. The molecule has 0 bridgehead atoms. The topological polar surface area (TPSA) is 43.8 Å². The van der Waals surface area contributed by atoms with Crippen LogP contribution in [-0.2, 0) is 7.05 Å². The molecule has 1 saturated carbocycles. The SMILES string of the molecule is CC(C)c1ccc(-c2c(C(C)C3CC3)nn(C)c2N)cc1. The third kappa shape index (κ3) is 2.57. The van der Waals surface area contributed by atoms with Gasteiger partial charge in [-0.3, -0.25) is 4.68 Å². The second-order valence-corrected chi connectivity index (χ2v) is 6.67. The highest BCUT2D eigenvalue weighted by molar-refractivity contribution is 5.77. The molecule has 1 unspecified atom stereocenters. The number of nitrogens with zero attached hydrogens (tertiary/aromatic N) is 2. The Labute approximate surface area is 127 Å². The molecule has 21 heavy (non-hydrogen) atoms. The van der Waals surface area contributed by atoms with Gasteiger partial charge in [-0.05, 0) is 35.8 Å². The molecule has 0 radical (unpaired) electrons. The van der Waals surface area contributed by atoms with E-state index in [1.54, 1.807) is 0 Å². The van der Waals surface area contributed by atoms with Crippen LogP contribution in [0.2, 0.25) is 0 Å². The molecular formula is C18H25N3. The summed E-state index contributed by atoms with van der Waals surface area (Å²) >= 11 is 0. The van der Waals surface area contributed by atoms with E-state index in [0.29, 0.717) is 11.8 Å². The van der Waals surface area contributed by atoms with Crippen LogP contribution in [0.1, 0.15) is 56.7 Å². The van der Waals surface area contributed by atoms with Crippen LogP contribution in [0.25, 0.3) is 11.1 Å². The molecule has 112 valence electrons. The molecule has 1 heterocycles. The zero-order valence-electron chi connectivity index (χ0n) is 13.4. The first-order chi connectivity index (χ1) is 9.99. The van der Waals surface area contributed by atoms with Crippen molar-refractivity contribution in [3.63, 3.8) is 0 Å². The van der Waals surface area contributed by atoms with E-state index in [2.05, 4.69) is 45.0 Å². The Hall–Kier alpha value is -1.77. The van der Waals surface area contributed by atoms with Crippen LogP contribution in [0.4, 0.5) is 5.82 Å². The molecule has 2 N–H and O–H groups in total. The molecule has 1 aliphatic rings. The van der Waals surface area contributed by atoms with Crippen molar-refractivity contribution in [3.8, 4) is 11.1 Å². The second kappa shape index (κ2) is 5.21. The first-order valence-electron chi connectivity index (χ1n) is 7.91. The van der Waals surface area contributed by atoms with Crippen molar-refractivity contribution in [3.05, 3.63) is 35.5 Å². The van der Waals surface area contributed by atoms with Crippen molar-refractivity contribution in [2.24, 2.45) is 13.0 Å². The molecule has 1 aromatic carbocycles. The van der Waals surface area contributed by atoms with E-state index in [-0.39, 0.29) is 0 Å². The normalized spacial score (nSPS) is 16.4. The lowest BCUT2D eigenvalue weighted by Crippen LogP contribution is -2.00. The largest absolute Gasteiger partial charge is 0.383 e. The highest BCUT2D eigenvalue weighted by atomic mass is 15.3. The van der Waals surface area contributed by atoms with E-state index < -0.39 is 0 Å². The highest BCUT2D eigenvalue weighted by Gasteiger charge is 2.33. The Bertz CT molecular complexity index is 633. The van der Waals surface area contributed by atoms with Gasteiger partial charge in [0.1, 0.15) is 5.82 Å². The predicted molar refractivity (Wildman–Crippen MR) is 88.3 cm³/mol. The first-order valence-corrected chi connectivity index (χ1v) is 7.91. The molecule has 1 aliphatic carbocycles. The van der Waals surface area contributed by atoms with Gasteiger partial charge in [0.05, 0.1) is 5.69 Å². The number of aryl methyl sites for hydroxylation is 1. The second-order valence-electron chi connectivity index (χ2n) is 6.67. The standard InChI is InChI=1S/C18H25N3/c1-11(2)13-5-9-15(10-6-13)16-17(12(3)14-7-8-14)20-21(4)18(16)19/h5-6,9-12,14H,7-8,19H2,1-4H3. The molecule has 3 rings (SSSR count). The van der Waals surface area contributed by atoms with Crippen LogP contribution in [-0.4, -0.2) is 9.78 Å². The maximum atomic E-state index is 6.29. The van der Waals surface area contributed by atoms with Gasteiger partial charge in [-0.25, -0.2) is 0 Å². The molecule has 0 amide bonds. The van der Waals surface area contributed by atoms with Crippen LogP contribution in [0, 0.1) is 5.92 Å². The van der Waals surface area contributed by atoms with Gasteiger partial charge in [-0.1, -0.05) is 45.0 Å². The predicted octanol–water partition coefficient (Wildman–Crippen LogP) is 4.31. The fourth-order valence-corrected chi connectivity index (χ4v) is 3.03. The minimum atomic E-state index is 0.494. The summed E-state index contributed by atoms with van der Waals surface area (Å²) in [5.74, 6) is 2.60. The molecule has 1 atom stereocenters. The van der Waals surface area contributed by atoms with E-state index in [9.17, 15) is 0 Å². The number of nitrogens with two attached hydrogens (primary N) is 1. The highest BCUT2D eigenvalue weighted by Crippen LogP contribution is 2.45. The quantitative estimate of drug-likeness (QED) is 0.908. The van der Waals surface area contributed by atoms with Crippen molar-refractivity contribution in [1.29, 1.82) is 0 Å². The minimum Gasteiger partial charge on any atom is -0.383 e. The van der Waals surface area contributed by atoms with Gasteiger partial charge in [0.25, 0.3) is 0 Å². The van der Waals surface area contributed by atoms with Crippen LogP contribution < -0.4 is 5.73 Å². The zero-order valence-corrected chi connectivity index (χ0v) is 13.4. The lowest BCUT2D eigenvalue weighted by Gasteiger charge is -2.11. The van der Waals surface area contributed by atoms with E-state index in [4.69, 9.17) is 10.8 Å². The third-order valence-electron chi connectivity index (χ3n) is 4.75. The van der Waals surface area contributed by atoms with E-state index in [0.717, 1.165) is 23.0 Å². The van der Waals surface area contributed by atoms with Crippen molar-refractivity contribution in [1.82, 2.24) is 9.78 Å². The molecule has 0 saturated heterocycles. The van der Waals surface area contributed by atoms with E-state index in [1.807, 2.05) is 11.7 Å². The van der Waals surface area contributed by atoms with Crippen molar-refractivity contribution in [2.75, 3.05) is 5.73 Å². The van der Waals surface area contributed by atoms with Gasteiger partial charge in [-0.2, -0.15) is 5.10 Å². The molecule has 1 aromatic heterocycles. The third-order valence-corrected chi connectivity index (χ3v) is 4.75. The Morgan fingerprint density at radius 3 is 2.29 bits per heavy atom. The van der Waals surface area contributed by atoms with Gasteiger partial charge >= 0.3 is 0 Å². The molecular weight excluding hydrogens is 258 g/mol. The summed E-state index contributed by atoms with van der Waals surface area (Å²) in [4.78, 5) is 0. The fourth-order valence-electron chi connectivity index (χ4n) is 3.03. The van der Waals surface area contributed by atoms with Gasteiger partial charge < -0.3 is 5.73 Å². The number of anilines is 1. The lowest BCUT2D eigenvalue weighted by molar-refractivity contribution is 0.622. The monoisotopic (exact) mass is 283 g/mol. The summed E-state index contributed by atoms with van der Waals surface area (Å²) in [6, 6.07) is 8.79. The maximum Gasteiger partial charge on any atom is 0.129 e. The van der Waals surface area contributed by atoms with Crippen LogP contribution in [0.5, 0.6) is 0 Å². The number of hydrogen-bond acceptors (Lipinski definition) is 2. The average molecular weight is 283 g/mol. The smallest absolute Gasteiger partial charge is 0.129 e. The lowest BCUT2D eigenvalue weighted by atomic mass is 9.93. The summed E-state index contributed by atoms with van der Waals surface area (Å²) in [5.41, 5.74) is 11.1. The summed E-state index contributed by atoms with van der Waals surface area (Å²) in [6.07, 6.45) is 2.65. The molecule has 0 spiro atoms. The minimum absolute atomic E-state index is 0.494. The number of hydrogen-bond donors (Lipinski definition) is 1. The van der Waals surface area contributed by atoms with Gasteiger partial charge in [0.2, 0.25) is 0 Å². The van der Waals surface area contributed by atoms with Crippen LogP contribution in [0.3, 0.4) is 0 Å². The molecule has 2 aromatic rings. The molecule has 0 aliphatic heterocycles. The first kappa shape index (κ1) is 14.2. The summed E-state index contributed by atoms with van der Waals surface area (Å²) in [5, 5.41) is 4.70. The van der Waals surface area contributed by atoms with Gasteiger partial charge in [-0.15, -0.1) is 0 Å². The fraction of sp³-hybridized carbons (Fsp3) is 0.500. The maximum absolute atomic E-state index is 6.29. The number of aromatic nitrogens is 2. The summed E-state index contributed by atoms with van der Waals surface area (Å²) < 4.78 is 1.82. The summed E-state index contributed by atoms with van der Waals surface area (Å²) in [6.45, 7) is 6.72. The zero-order chi connectivity index (χ0) is 15.1. The molecule has 1 fully saturated rings. The molecule has 3 nitrogen and oxygen atoms in total. The average Bonchev–Trinajstić information content (AvgIpc) is 3.26. The van der Waals surface area contributed by atoms with E-state index >= 15 is 0 Å². The van der Waals surface area contributed by atoms with Crippen molar-refractivity contribution < 1.29 is 0 Å². The van der Waals surface area contributed by atoms with Crippen molar-refractivity contribution >= 4 is 5.82 Å². The van der Waals surface area contributed by atoms with Gasteiger partial charge in [0, 0.05) is 18.5 Å². The van der Waals surface area contributed by atoms with Gasteiger partial charge in [0.15, 0.2) is 0 Å². The summed E-state index contributed by atoms with van der Waals surface area (Å²) in [7, 11) is 1.93. The number of benzene rings is 1. The Balaban J connectivity index is 2.04. The van der Waals surface area contributed by atoms with Crippen LogP contribution in [0.15, 0.2) is 24.3 Å². The molecule has 3 heteroatoms. The van der Waals surface area contributed by atoms with Crippen LogP contribution >= 0.6 is 0 Å². The van der Waals surface area contributed by atoms with Crippen molar-refractivity contribution in [2.45, 2.75) is 45.4 Å². The Kier molecular flexibility index (Phi) is 3.52. The Morgan fingerprint density at radius 2 is 1.76 bits per heavy atom. The number of rotatable bonds is 4. The Morgan fingerprint density at radius 1 is 1.14 bits per heavy atom.